The van der Waals surface area contributed by atoms with Crippen LogP contribution in [0.2, 0.25) is 0 Å². The van der Waals surface area contributed by atoms with E-state index in [1.54, 1.807) is 0 Å². The van der Waals surface area contributed by atoms with Gasteiger partial charge in [-0.05, 0) is 30.2 Å². The van der Waals surface area contributed by atoms with Crippen molar-refractivity contribution in [2.75, 3.05) is 30.5 Å². The van der Waals surface area contributed by atoms with Crippen molar-refractivity contribution in [1.82, 2.24) is 0 Å². The Labute approximate surface area is 184 Å². The van der Waals surface area contributed by atoms with Crippen LogP contribution in [0, 0.1) is 16.0 Å². The third kappa shape index (κ3) is 5.20. The third-order valence-corrected chi connectivity index (χ3v) is 5.13. The molecule has 1 atom stereocenters. The zero-order chi connectivity index (χ0) is 23.3. The van der Waals surface area contributed by atoms with Gasteiger partial charge >= 0.3 is 5.97 Å². The molecule has 1 aliphatic rings. The summed E-state index contributed by atoms with van der Waals surface area (Å²) < 4.78 is 10.1. The van der Waals surface area contributed by atoms with E-state index >= 15 is 0 Å². The molecule has 0 spiro atoms. The molecule has 1 heterocycles. The van der Waals surface area contributed by atoms with Gasteiger partial charge in [-0.2, -0.15) is 0 Å². The van der Waals surface area contributed by atoms with E-state index in [2.05, 4.69) is 5.32 Å². The highest BCUT2D eigenvalue weighted by atomic mass is 16.6. The number of carbonyl (C=O) groups excluding carboxylic acids is 3. The second kappa shape index (κ2) is 9.90. The first-order chi connectivity index (χ1) is 15.3. The predicted molar refractivity (Wildman–Crippen MR) is 116 cm³/mol. The van der Waals surface area contributed by atoms with Crippen molar-refractivity contribution in [1.29, 1.82) is 0 Å². The number of rotatable bonds is 8. The van der Waals surface area contributed by atoms with Crippen molar-refractivity contribution in [2.24, 2.45) is 5.92 Å². The van der Waals surface area contributed by atoms with Gasteiger partial charge in [-0.1, -0.05) is 19.1 Å². The van der Waals surface area contributed by atoms with E-state index in [4.69, 9.17) is 9.47 Å². The maximum Gasteiger partial charge on any atom is 0.311 e. The molecule has 1 fully saturated rings. The summed E-state index contributed by atoms with van der Waals surface area (Å²) in [5.74, 6) is -2.01. The van der Waals surface area contributed by atoms with Crippen LogP contribution < -0.4 is 15.0 Å². The lowest BCUT2D eigenvalue weighted by atomic mass is 10.1. The zero-order valence-corrected chi connectivity index (χ0v) is 17.7. The molecule has 168 valence electrons. The maximum absolute atomic E-state index is 12.4. The molecule has 0 radical (unpaired) electrons. The Morgan fingerprint density at radius 2 is 1.94 bits per heavy atom. The van der Waals surface area contributed by atoms with Crippen molar-refractivity contribution in [3.05, 3.63) is 58.1 Å². The molecule has 1 N–H and O–H groups in total. The van der Waals surface area contributed by atoms with E-state index in [0.717, 1.165) is 12.0 Å². The Morgan fingerprint density at radius 3 is 2.56 bits per heavy atom. The van der Waals surface area contributed by atoms with Gasteiger partial charge in [0.2, 0.25) is 5.91 Å². The molecule has 0 aromatic heterocycles. The molecule has 0 unspecified atom stereocenters. The molecule has 2 aromatic rings. The van der Waals surface area contributed by atoms with Crippen molar-refractivity contribution >= 4 is 34.8 Å². The van der Waals surface area contributed by atoms with Crippen LogP contribution in [0.4, 0.5) is 17.1 Å². The highest BCUT2D eigenvalue weighted by Crippen LogP contribution is 2.29. The molecular weight excluding hydrogens is 418 g/mol. The summed E-state index contributed by atoms with van der Waals surface area (Å²) in [6.45, 7) is 1.56. The monoisotopic (exact) mass is 441 g/mol. The molecule has 0 aliphatic carbocycles. The van der Waals surface area contributed by atoms with Gasteiger partial charge in [0, 0.05) is 30.8 Å². The van der Waals surface area contributed by atoms with E-state index in [-0.39, 0.29) is 30.2 Å². The molecule has 2 amide bonds. The van der Waals surface area contributed by atoms with Crippen molar-refractivity contribution in [3.8, 4) is 5.75 Å². The Bertz CT molecular complexity index is 1040. The van der Waals surface area contributed by atoms with E-state index in [0.29, 0.717) is 11.4 Å². The number of esters is 1. The van der Waals surface area contributed by atoms with Gasteiger partial charge in [-0.25, -0.2) is 0 Å². The first-order valence-corrected chi connectivity index (χ1v) is 10.0. The molecule has 0 saturated carbocycles. The second-order valence-corrected chi connectivity index (χ2v) is 7.22. The number of amides is 2. The fourth-order valence-electron chi connectivity index (χ4n) is 3.37. The molecule has 1 aliphatic heterocycles. The lowest BCUT2D eigenvalue weighted by Gasteiger charge is -2.17. The number of hydrogen-bond acceptors (Lipinski definition) is 7. The number of nitrogens with one attached hydrogen (secondary N) is 1. The largest absolute Gasteiger partial charge is 0.497 e. The van der Waals surface area contributed by atoms with Crippen LogP contribution in [0.15, 0.2) is 42.5 Å². The SMILES string of the molecule is CCc1ccc(N2C[C@H](C(=O)OCC(=O)Nc3cc(OC)ccc3[N+](=O)[O-])CC2=O)cc1. The van der Waals surface area contributed by atoms with Gasteiger partial charge in [0.1, 0.15) is 11.4 Å². The van der Waals surface area contributed by atoms with Crippen LogP contribution >= 0.6 is 0 Å². The summed E-state index contributed by atoms with van der Waals surface area (Å²) in [5.41, 5.74) is 1.44. The predicted octanol–water partition coefficient (Wildman–Crippen LogP) is 2.70. The Balaban J connectivity index is 1.57. The quantitative estimate of drug-likeness (QED) is 0.379. The lowest BCUT2D eigenvalue weighted by Crippen LogP contribution is -2.28. The first-order valence-electron chi connectivity index (χ1n) is 10.0. The normalized spacial score (nSPS) is 15.4. The van der Waals surface area contributed by atoms with Gasteiger partial charge in [0.25, 0.3) is 11.6 Å². The summed E-state index contributed by atoms with van der Waals surface area (Å²) in [5, 5.41) is 13.5. The number of nitro groups is 1. The number of benzene rings is 2. The fourth-order valence-corrected chi connectivity index (χ4v) is 3.37. The van der Waals surface area contributed by atoms with Crippen molar-refractivity contribution < 1.29 is 28.8 Å². The summed E-state index contributed by atoms with van der Waals surface area (Å²) in [4.78, 5) is 48.9. The smallest absolute Gasteiger partial charge is 0.311 e. The van der Waals surface area contributed by atoms with Crippen LogP contribution in [-0.4, -0.2) is 43.0 Å². The minimum Gasteiger partial charge on any atom is -0.497 e. The second-order valence-electron chi connectivity index (χ2n) is 7.22. The molecule has 10 nitrogen and oxygen atoms in total. The third-order valence-electron chi connectivity index (χ3n) is 5.13. The summed E-state index contributed by atoms with van der Waals surface area (Å²) in [6.07, 6.45) is 0.863. The standard InChI is InChI=1S/C22H23N3O7/c1-3-14-4-6-16(7-5-14)24-12-15(10-21(24)27)22(28)32-13-20(26)23-18-11-17(31-2)8-9-19(18)25(29)30/h4-9,11,15H,3,10,12-13H2,1-2H3,(H,23,26)/t15-/m1/s1. The van der Waals surface area contributed by atoms with E-state index < -0.39 is 29.3 Å². The molecule has 2 aromatic carbocycles. The maximum atomic E-state index is 12.4. The Kier molecular flexibility index (Phi) is 7.04. The number of aryl methyl sites for hydroxylation is 1. The summed E-state index contributed by atoms with van der Waals surface area (Å²) >= 11 is 0. The van der Waals surface area contributed by atoms with Crippen LogP contribution in [0.25, 0.3) is 0 Å². The van der Waals surface area contributed by atoms with E-state index in [9.17, 15) is 24.5 Å². The average molecular weight is 441 g/mol. The summed E-state index contributed by atoms with van der Waals surface area (Å²) in [6, 6.07) is 11.4. The van der Waals surface area contributed by atoms with Gasteiger partial charge in [-0.3, -0.25) is 24.5 Å². The average Bonchev–Trinajstić information content (AvgIpc) is 3.18. The number of anilines is 2. The number of carbonyl (C=O) groups is 3. The van der Waals surface area contributed by atoms with Crippen LogP contribution in [0.3, 0.4) is 0 Å². The first kappa shape index (κ1) is 22.7. The van der Waals surface area contributed by atoms with Gasteiger partial charge in [-0.15, -0.1) is 0 Å². The zero-order valence-electron chi connectivity index (χ0n) is 17.7. The Hall–Kier alpha value is -3.95. The minimum absolute atomic E-state index is 0.0165. The van der Waals surface area contributed by atoms with Crippen LogP contribution in [0.5, 0.6) is 5.75 Å². The number of ether oxygens (including phenoxy) is 2. The number of nitrogens with zero attached hydrogens (tertiary/aromatic N) is 2. The van der Waals surface area contributed by atoms with Crippen molar-refractivity contribution in [2.45, 2.75) is 19.8 Å². The number of hydrogen-bond donors (Lipinski definition) is 1. The molecule has 1 saturated heterocycles. The fraction of sp³-hybridized carbons (Fsp3) is 0.318. The van der Waals surface area contributed by atoms with E-state index in [1.807, 2.05) is 31.2 Å². The summed E-state index contributed by atoms with van der Waals surface area (Å²) in [7, 11) is 1.39. The topological polar surface area (TPSA) is 128 Å². The van der Waals surface area contributed by atoms with Crippen molar-refractivity contribution in [3.63, 3.8) is 0 Å². The molecule has 32 heavy (non-hydrogen) atoms. The molecule has 10 heteroatoms. The molecule has 3 rings (SSSR count). The van der Waals surface area contributed by atoms with Crippen LogP contribution in [0.1, 0.15) is 18.9 Å². The minimum atomic E-state index is -0.744. The number of methoxy groups -OCH3 is 1. The Morgan fingerprint density at radius 1 is 1.22 bits per heavy atom. The van der Waals surface area contributed by atoms with Crippen LogP contribution in [-0.2, 0) is 25.5 Å². The van der Waals surface area contributed by atoms with E-state index in [1.165, 1.54) is 30.2 Å². The lowest BCUT2D eigenvalue weighted by molar-refractivity contribution is -0.383. The van der Waals surface area contributed by atoms with Gasteiger partial charge < -0.3 is 19.7 Å². The molecule has 0 bridgehead atoms. The molecular formula is C22H23N3O7. The highest BCUT2D eigenvalue weighted by molar-refractivity contribution is 6.00. The van der Waals surface area contributed by atoms with Gasteiger partial charge in [0.05, 0.1) is 18.0 Å². The number of nitro benzene ring substituents is 1. The highest BCUT2D eigenvalue weighted by Gasteiger charge is 2.36. The van der Waals surface area contributed by atoms with Gasteiger partial charge in [0.15, 0.2) is 6.61 Å².